The summed E-state index contributed by atoms with van der Waals surface area (Å²) < 4.78 is 10.5. The first-order chi connectivity index (χ1) is 12.1. The SMILES string of the molecule is CCc1ccccc1NC(=O)CN(C)C(=O)c1ccc2c(c1)OCO2. The number of carbonyl (C=O) groups is 2. The van der Waals surface area contributed by atoms with Gasteiger partial charge in [0.2, 0.25) is 12.7 Å². The Hall–Kier alpha value is -3.02. The first kappa shape index (κ1) is 16.8. The van der Waals surface area contributed by atoms with Gasteiger partial charge in [0.1, 0.15) is 0 Å². The minimum absolute atomic E-state index is 0.0364. The zero-order chi connectivity index (χ0) is 17.8. The van der Waals surface area contributed by atoms with Gasteiger partial charge < -0.3 is 19.7 Å². The molecule has 2 aromatic rings. The van der Waals surface area contributed by atoms with E-state index in [1.165, 1.54) is 4.90 Å². The van der Waals surface area contributed by atoms with Crippen molar-refractivity contribution in [2.45, 2.75) is 13.3 Å². The number of rotatable bonds is 5. The molecule has 0 saturated heterocycles. The number of amides is 2. The minimum Gasteiger partial charge on any atom is -0.454 e. The second-order valence-corrected chi connectivity index (χ2v) is 5.79. The van der Waals surface area contributed by atoms with Gasteiger partial charge in [-0.15, -0.1) is 0 Å². The summed E-state index contributed by atoms with van der Waals surface area (Å²) in [5.41, 5.74) is 2.29. The highest BCUT2D eigenvalue weighted by Crippen LogP contribution is 2.32. The molecule has 0 bridgehead atoms. The lowest BCUT2D eigenvalue weighted by Gasteiger charge is -2.18. The summed E-state index contributed by atoms with van der Waals surface area (Å²) in [6, 6.07) is 12.6. The second-order valence-electron chi connectivity index (χ2n) is 5.79. The summed E-state index contributed by atoms with van der Waals surface area (Å²) in [5, 5.41) is 2.86. The van der Waals surface area contributed by atoms with Crippen LogP contribution in [0.15, 0.2) is 42.5 Å². The third-order valence-corrected chi connectivity index (χ3v) is 4.02. The van der Waals surface area contributed by atoms with Crippen molar-refractivity contribution in [3.8, 4) is 11.5 Å². The fraction of sp³-hybridized carbons (Fsp3) is 0.263. The number of likely N-dealkylation sites (N-methyl/N-ethyl adjacent to an activating group) is 1. The molecule has 0 atom stereocenters. The zero-order valence-corrected chi connectivity index (χ0v) is 14.2. The number of anilines is 1. The van der Waals surface area contributed by atoms with Gasteiger partial charge in [-0.3, -0.25) is 9.59 Å². The van der Waals surface area contributed by atoms with Crippen LogP contribution in [0, 0.1) is 0 Å². The van der Waals surface area contributed by atoms with Crippen LogP contribution < -0.4 is 14.8 Å². The Balaban J connectivity index is 1.64. The number of aryl methyl sites for hydroxylation is 1. The number of nitrogens with one attached hydrogen (secondary N) is 1. The van der Waals surface area contributed by atoms with E-state index in [2.05, 4.69) is 5.32 Å². The highest BCUT2D eigenvalue weighted by atomic mass is 16.7. The van der Waals surface area contributed by atoms with Gasteiger partial charge in [-0.25, -0.2) is 0 Å². The van der Waals surface area contributed by atoms with Crippen molar-refractivity contribution in [2.75, 3.05) is 25.7 Å². The normalized spacial score (nSPS) is 11.9. The smallest absolute Gasteiger partial charge is 0.254 e. The molecule has 1 N–H and O–H groups in total. The monoisotopic (exact) mass is 340 g/mol. The summed E-state index contributed by atoms with van der Waals surface area (Å²) in [7, 11) is 1.60. The largest absolute Gasteiger partial charge is 0.454 e. The number of hydrogen-bond donors (Lipinski definition) is 1. The molecule has 25 heavy (non-hydrogen) atoms. The summed E-state index contributed by atoms with van der Waals surface area (Å²) >= 11 is 0. The van der Waals surface area contributed by atoms with E-state index in [-0.39, 0.29) is 25.2 Å². The Morgan fingerprint density at radius 1 is 1.12 bits per heavy atom. The van der Waals surface area contributed by atoms with Gasteiger partial charge in [0.25, 0.3) is 5.91 Å². The van der Waals surface area contributed by atoms with Gasteiger partial charge in [-0.1, -0.05) is 25.1 Å². The predicted octanol–water partition coefficient (Wildman–Crippen LogP) is 2.69. The van der Waals surface area contributed by atoms with Crippen LogP contribution in [0.4, 0.5) is 5.69 Å². The average molecular weight is 340 g/mol. The molecule has 2 aromatic carbocycles. The molecule has 0 saturated carbocycles. The molecule has 0 spiro atoms. The van der Waals surface area contributed by atoms with Gasteiger partial charge >= 0.3 is 0 Å². The summed E-state index contributed by atoms with van der Waals surface area (Å²) in [6.45, 7) is 2.15. The van der Waals surface area contributed by atoms with Crippen LogP contribution >= 0.6 is 0 Å². The van der Waals surface area contributed by atoms with Crippen molar-refractivity contribution in [2.24, 2.45) is 0 Å². The molecule has 6 heteroatoms. The van der Waals surface area contributed by atoms with Gasteiger partial charge in [0, 0.05) is 18.3 Å². The Morgan fingerprint density at radius 3 is 2.68 bits per heavy atom. The maximum atomic E-state index is 12.5. The molecular weight excluding hydrogens is 320 g/mol. The number of carbonyl (C=O) groups excluding carboxylic acids is 2. The van der Waals surface area contributed by atoms with Gasteiger partial charge in [0.05, 0.1) is 6.54 Å². The van der Waals surface area contributed by atoms with Crippen LogP contribution in [0.3, 0.4) is 0 Å². The summed E-state index contributed by atoms with van der Waals surface area (Å²) in [5.74, 6) is 0.670. The Bertz CT molecular complexity index is 804. The van der Waals surface area contributed by atoms with Crippen LogP contribution in [0.2, 0.25) is 0 Å². The average Bonchev–Trinajstić information content (AvgIpc) is 3.09. The summed E-state index contributed by atoms with van der Waals surface area (Å²) in [4.78, 5) is 26.1. The first-order valence-corrected chi connectivity index (χ1v) is 8.11. The van der Waals surface area contributed by atoms with Crippen molar-refractivity contribution < 1.29 is 19.1 Å². The van der Waals surface area contributed by atoms with E-state index in [1.54, 1.807) is 25.2 Å². The second kappa shape index (κ2) is 7.25. The zero-order valence-electron chi connectivity index (χ0n) is 14.2. The number of para-hydroxylation sites is 1. The third kappa shape index (κ3) is 3.74. The fourth-order valence-corrected chi connectivity index (χ4v) is 2.68. The highest BCUT2D eigenvalue weighted by Gasteiger charge is 2.20. The van der Waals surface area contributed by atoms with Crippen LogP contribution in [0.5, 0.6) is 11.5 Å². The number of hydrogen-bond acceptors (Lipinski definition) is 4. The van der Waals surface area contributed by atoms with E-state index < -0.39 is 0 Å². The number of nitrogens with zero attached hydrogens (tertiary/aromatic N) is 1. The van der Waals surface area contributed by atoms with Crippen LogP contribution in [-0.4, -0.2) is 37.1 Å². The maximum absolute atomic E-state index is 12.5. The molecule has 1 aliphatic heterocycles. The van der Waals surface area contributed by atoms with E-state index in [9.17, 15) is 9.59 Å². The van der Waals surface area contributed by atoms with Crippen molar-refractivity contribution in [1.29, 1.82) is 0 Å². The molecule has 0 aromatic heterocycles. The summed E-state index contributed by atoms with van der Waals surface area (Å²) in [6.07, 6.45) is 0.822. The standard InChI is InChI=1S/C19H20N2O4/c1-3-13-6-4-5-7-15(13)20-18(22)11-21(2)19(23)14-8-9-16-17(10-14)25-12-24-16/h4-10H,3,11-12H2,1-2H3,(H,20,22). The first-order valence-electron chi connectivity index (χ1n) is 8.11. The lowest BCUT2D eigenvalue weighted by Crippen LogP contribution is -2.35. The predicted molar refractivity (Wildman–Crippen MR) is 94.0 cm³/mol. The molecule has 3 rings (SSSR count). The molecule has 0 aliphatic carbocycles. The molecule has 6 nitrogen and oxygen atoms in total. The molecule has 0 radical (unpaired) electrons. The molecule has 0 unspecified atom stereocenters. The minimum atomic E-state index is -0.253. The molecule has 0 fully saturated rings. The van der Waals surface area contributed by atoms with Gasteiger partial charge in [-0.2, -0.15) is 0 Å². The quantitative estimate of drug-likeness (QED) is 0.909. The Labute approximate surface area is 146 Å². The van der Waals surface area contributed by atoms with Crippen LogP contribution in [0.1, 0.15) is 22.8 Å². The molecule has 1 aliphatic rings. The van der Waals surface area contributed by atoms with E-state index in [0.29, 0.717) is 17.1 Å². The van der Waals surface area contributed by atoms with E-state index in [4.69, 9.17) is 9.47 Å². The van der Waals surface area contributed by atoms with Crippen LogP contribution in [0.25, 0.3) is 0 Å². The lowest BCUT2D eigenvalue weighted by atomic mass is 10.1. The third-order valence-electron chi connectivity index (χ3n) is 4.02. The molecule has 2 amide bonds. The molecule has 130 valence electrons. The van der Waals surface area contributed by atoms with Crippen molar-refractivity contribution in [3.05, 3.63) is 53.6 Å². The van der Waals surface area contributed by atoms with E-state index in [0.717, 1.165) is 17.7 Å². The van der Waals surface area contributed by atoms with Gasteiger partial charge in [0.15, 0.2) is 11.5 Å². The Kier molecular flexibility index (Phi) is 4.88. The molecular formula is C19H20N2O4. The number of ether oxygens (including phenoxy) is 2. The highest BCUT2D eigenvalue weighted by molar-refractivity contribution is 5.99. The fourth-order valence-electron chi connectivity index (χ4n) is 2.68. The topological polar surface area (TPSA) is 67.9 Å². The number of benzene rings is 2. The van der Waals surface area contributed by atoms with E-state index in [1.807, 2.05) is 31.2 Å². The maximum Gasteiger partial charge on any atom is 0.254 e. The molecule has 1 heterocycles. The van der Waals surface area contributed by atoms with Gasteiger partial charge in [-0.05, 0) is 36.2 Å². The van der Waals surface area contributed by atoms with E-state index >= 15 is 0 Å². The Morgan fingerprint density at radius 2 is 1.88 bits per heavy atom. The lowest BCUT2D eigenvalue weighted by molar-refractivity contribution is -0.116. The van der Waals surface area contributed by atoms with Crippen molar-refractivity contribution in [1.82, 2.24) is 4.90 Å². The van der Waals surface area contributed by atoms with Crippen molar-refractivity contribution >= 4 is 17.5 Å². The number of fused-ring (bicyclic) bond motifs is 1. The van der Waals surface area contributed by atoms with Crippen molar-refractivity contribution in [3.63, 3.8) is 0 Å². The van der Waals surface area contributed by atoms with Crippen LogP contribution in [-0.2, 0) is 11.2 Å².